The molecule has 2 nitrogen and oxygen atoms in total. The highest BCUT2D eigenvalue weighted by atomic mass is 16.5. The van der Waals surface area contributed by atoms with Gasteiger partial charge in [-0.15, -0.1) is 0 Å². The Morgan fingerprint density at radius 3 is 2.38 bits per heavy atom. The fourth-order valence-electron chi connectivity index (χ4n) is 2.71. The molecule has 2 fully saturated rings. The minimum absolute atomic E-state index is 0.736. The van der Waals surface area contributed by atoms with Crippen LogP contribution in [0.3, 0.4) is 0 Å². The first-order valence-electron chi connectivity index (χ1n) is 5.64. The van der Waals surface area contributed by atoms with Gasteiger partial charge in [0.15, 0.2) is 0 Å². The molecule has 0 spiro atoms. The molecule has 2 atom stereocenters. The summed E-state index contributed by atoms with van der Waals surface area (Å²) >= 11 is 0. The van der Waals surface area contributed by atoms with Crippen molar-refractivity contribution in [2.75, 3.05) is 19.8 Å². The molecule has 0 aromatic rings. The molecule has 1 heterocycles. The lowest BCUT2D eigenvalue weighted by Gasteiger charge is -2.40. The number of nitrogens with zero attached hydrogens (tertiary/aromatic N) is 1. The zero-order valence-electron chi connectivity index (χ0n) is 8.83. The van der Waals surface area contributed by atoms with Gasteiger partial charge in [-0.25, -0.2) is 0 Å². The van der Waals surface area contributed by atoms with Crippen LogP contribution >= 0.6 is 0 Å². The van der Waals surface area contributed by atoms with E-state index in [4.69, 9.17) is 4.74 Å². The van der Waals surface area contributed by atoms with Crippen LogP contribution < -0.4 is 0 Å². The molecule has 0 aromatic carbocycles. The van der Waals surface area contributed by atoms with Crippen LogP contribution in [0, 0.1) is 5.92 Å². The predicted octanol–water partition coefficient (Wildman–Crippen LogP) is 1.90. The average Bonchev–Trinajstić information content (AvgIpc) is 2.43. The molecule has 1 saturated carbocycles. The Kier molecular flexibility index (Phi) is 2.89. The minimum atomic E-state index is 0.736. The summed E-state index contributed by atoms with van der Waals surface area (Å²) in [5.74, 6) is 0.944. The first kappa shape index (κ1) is 9.47. The van der Waals surface area contributed by atoms with E-state index in [9.17, 15) is 0 Å². The van der Waals surface area contributed by atoms with Crippen LogP contribution in [0.4, 0.5) is 0 Å². The highest BCUT2D eigenvalue weighted by molar-refractivity contribution is 4.87. The van der Waals surface area contributed by atoms with Gasteiger partial charge < -0.3 is 4.74 Å². The lowest BCUT2D eigenvalue weighted by molar-refractivity contribution is -0.0771. The van der Waals surface area contributed by atoms with Gasteiger partial charge >= 0.3 is 0 Å². The molecule has 2 aliphatic rings. The molecule has 0 N–H and O–H groups in total. The van der Waals surface area contributed by atoms with Gasteiger partial charge in [-0.3, -0.25) is 4.90 Å². The lowest BCUT2D eigenvalue weighted by Crippen LogP contribution is -2.52. The summed E-state index contributed by atoms with van der Waals surface area (Å²) in [5, 5.41) is 0. The van der Waals surface area contributed by atoms with Crippen molar-refractivity contribution in [3.05, 3.63) is 0 Å². The van der Waals surface area contributed by atoms with Gasteiger partial charge in [0, 0.05) is 6.04 Å². The zero-order valence-corrected chi connectivity index (χ0v) is 8.83. The standard InChI is InChI=1S/C11H21NO/c1-3-12(11-7-13-8-11)10-5-4-9(2)6-10/h9-11H,3-8H2,1-2H3. The summed E-state index contributed by atoms with van der Waals surface area (Å²) in [7, 11) is 0. The van der Waals surface area contributed by atoms with E-state index in [1.54, 1.807) is 0 Å². The van der Waals surface area contributed by atoms with Crippen LogP contribution in [-0.2, 0) is 4.74 Å². The molecule has 1 saturated heterocycles. The summed E-state index contributed by atoms with van der Waals surface area (Å²) < 4.78 is 5.26. The molecule has 1 aliphatic carbocycles. The van der Waals surface area contributed by atoms with E-state index in [0.29, 0.717) is 0 Å². The van der Waals surface area contributed by atoms with Crippen LogP contribution in [-0.4, -0.2) is 36.7 Å². The van der Waals surface area contributed by atoms with E-state index in [1.807, 2.05) is 0 Å². The summed E-state index contributed by atoms with van der Waals surface area (Å²) in [4.78, 5) is 2.66. The van der Waals surface area contributed by atoms with Gasteiger partial charge in [0.25, 0.3) is 0 Å². The third-order valence-electron chi connectivity index (χ3n) is 3.59. The van der Waals surface area contributed by atoms with E-state index in [0.717, 1.165) is 31.2 Å². The van der Waals surface area contributed by atoms with Crippen molar-refractivity contribution in [3.8, 4) is 0 Å². The second-order valence-electron chi connectivity index (χ2n) is 4.59. The van der Waals surface area contributed by atoms with Crippen molar-refractivity contribution < 1.29 is 4.74 Å². The number of rotatable bonds is 3. The summed E-state index contributed by atoms with van der Waals surface area (Å²) in [6.07, 6.45) is 4.24. The van der Waals surface area contributed by atoms with Crippen molar-refractivity contribution in [2.24, 2.45) is 5.92 Å². The quantitative estimate of drug-likeness (QED) is 0.662. The Morgan fingerprint density at radius 2 is 2.00 bits per heavy atom. The number of hydrogen-bond acceptors (Lipinski definition) is 2. The molecule has 13 heavy (non-hydrogen) atoms. The highest BCUT2D eigenvalue weighted by Crippen LogP contribution is 2.30. The molecule has 1 aliphatic heterocycles. The van der Waals surface area contributed by atoms with Crippen molar-refractivity contribution in [3.63, 3.8) is 0 Å². The Bertz CT molecular complexity index is 167. The zero-order chi connectivity index (χ0) is 9.26. The largest absolute Gasteiger partial charge is 0.378 e. The molecule has 0 aromatic heterocycles. The fraction of sp³-hybridized carbons (Fsp3) is 1.00. The molecular formula is C11H21NO. The number of likely N-dealkylation sites (N-methyl/N-ethyl adjacent to an activating group) is 1. The normalized spacial score (nSPS) is 35.3. The summed E-state index contributed by atoms with van der Waals surface area (Å²) in [6, 6.07) is 1.59. The smallest absolute Gasteiger partial charge is 0.0645 e. The Morgan fingerprint density at radius 1 is 1.23 bits per heavy atom. The molecule has 2 unspecified atom stereocenters. The second kappa shape index (κ2) is 3.97. The van der Waals surface area contributed by atoms with Gasteiger partial charge in [-0.05, 0) is 31.7 Å². The molecule has 0 bridgehead atoms. The van der Waals surface area contributed by atoms with Crippen molar-refractivity contribution in [1.82, 2.24) is 4.90 Å². The first-order valence-corrected chi connectivity index (χ1v) is 5.64. The van der Waals surface area contributed by atoms with Crippen molar-refractivity contribution in [1.29, 1.82) is 0 Å². The summed E-state index contributed by atoms with van der Waals surface area (Å²) in [5.41, 5.74) is 0. The van der Waals surface area contributed by atoms with Gasteiger partial charge in [-0.1, -0.05) is 13.8 Å². The lowest BCUT2D eigenvalue weighted by atomic mass is 10.1. The fourth-order valence-corrected chi connectivity index (χ4v) is 2.71. The number of ether oxygens (including phenoxy) is 1. The maximum atomic E-state index is 5.26. The van der Waals surface area contributed by atoms with Crippen molar-refractivity contribution in [2.45, 2.75) is 45.2 Å². The third kappa shape index (κ3) is 1.89. The van der Waals surface area contributed by atoms with Gasteiger partial charge in [0.2, 0.25) is 0 Å². The van der Waals surface area contributed by atoms with Crippen LogP contribution in [0.2, 0.25) is 0 Å². The van der Waals surface area contributed by atoms with Crippen molar-refractivity contribution >= 4 is 0 Å². The average molecular weight is 183 g/mol. The monoisotopic (exact) mass is 183 g/mol. The van der Waals surface area contributed by atoms with Gasteiger partial charge in [0.05, 0.1) is 19.3 Å². The molecular weight excluding hydrogens is 162 g/mol. The van der Waals surface area contributed by atoms with E-state index >= 15 is 0 Å². The Labute approximate surface area is 81.3 Å². The Hall–Kier alpha value is -0.0800. The first-order chi connectivity index (χ1) is 6.31. The van der Waals surface area contributed by atoms with E-state index in [2.05, 4.69) is 18.7 Å². The molecule has 2 heteroatoms. The van der Waals surface area contributed by atoms with E-state index in [1.165, 1.54) is 25.8 Å². The molecule has 76 valence electrons. The van der Waals surface area contributed by atoms with E-state index in [-0.39, 0.29) is 0 Å². The highest BCUT2D eigenvalue weighted by Gasteiger charge is 2.33. The minimum Gasteiger partial charge on any atom is -0.378 e. The van der Waals surface area contributed by atoms with Gasteiger partial charge in [0.1, 0.15) is 0 Å². The molecule has 0 radical (unpaired) electrons. The van der Waals surface area contributed by atoms with Gasteiger partial charge in [-0.2, -0.15) is 0 Å². The van der Waals surface area contributed by atoms with Crippen LogP contribution in [0.25, 0.3) is 0 Å². The van der Waals surface area contributed by atoms with Crippen LogP contribution in [0.15, 0.2) is 0 Å². The number of hydrogen-bond donors (Lipinski definition) is 0. The second-order valence-corrected chi connectivity index (χ2v) is 4.59. The SMILES string of the molecule is CCN(C1COC1)C1CCC(C)C1. The topological polar surface area (TPSA) is 12.5 Å². The molecule has 2 rings (SSSR count). The van der Waals surface area contributed by atoms with Crippen LogP contribution in [0.1, 0.15) is 33.1 Å². The van der Waals surface area contributed by atoms with E-state index < -0.39 is 0 Å². The summed E-state index contributed by atoms with van der Waals surface area (Å²) in [6.45, 7) is 7.80. The predicted molar refractivity (Wildman–Crippen MR) is 53.8 cm³/mol. The van der Waals surface area contributed by atoms with Crippen LogP contribution in [0.5, 0.6) is 0 Å². The maximum absolute atomic E-state index is 5.26. The Balaban J connectivity index is 1.88. The third-order valence-corrected chi connectivity index (χ3v) is 3.59. The maximum Gasteiger partial charge on any atom is 0.0645 e. The molecule has 0 amide bonds.